The molecule has 6 nitrogen and oxygen atoms in total. The van der Waals surface area contributed by atoms with Gasteiger partial charge in [0.15, 0.2) is 0 Å². The maximum atomic E-state index is 9.32. The molecule has 0 bridgehead atoms. The highest BCUT2D eigenvalue weighted by molar-refractivity contribution is 6.76. The van der Waals surface area contributed by atoms with Gasteiger partial charge in [0.2, 0.25) is 5.88 Å². The number of hydrogen-bond acceptors (Lipinski definition) is 5. The van der Waals surface area contributed by atoms with Crippen LogP contribution in [-0.4, -0.2) is 34.6 Å². The highest BCUT2D eigenvalue weighted by Gasteiger charge is 2.13. The predicted molar refractivity (Wildman–Crippen MR) is 108 cm³/mol. The minimum Gasteiger partial charge on any atom is -0.508 e. The summed E-state index contributed by atoms with van der Waals surface area (Å²) in [7, 11) is -1.09. The average molecular weight is 384 g/mol. The summed E-state index contributed by atoms with van der Waals surface area (Å²) >= 11 is 0. The topological polar surface area (TPSA) is 69.4 Å². The number of rotatable bonds is 8. The van der Waals surface area contributed by atoms with Crippen molar-refractivity contribution in [1.29, 1.82) is 0 Å². The molecule has 7 heteroatoms. The molecule has 0 atom stereocenters. The van der Waals surface area contributed by atoms with Gasteiger partial charge in [0.25, 0.3) is 0 Å². The van der Waals surface area contributed by atoms with Gasteiger partial charge in [0.05, 0.1) is 5.69 Å². The normalized spacial score (nSPS) is 11.5. The number of pyridine rings is 1. The average Bonchev–Trinajstić information content (AvgIpc) is 3.09. The van der Waals surface area contributed by atoms with E-state index in [1.54, 1.807) is 36.7 Å². The Bertz CT molecular complexity index is 855. The van der Waals surface area contributed by atoms with Crippen molar-refractivity contribution >= 4 is 8.07 Å². The molecule has 142 valence electrons. The first-order chi connectivity index (χ1) is 12.9. The second-order valence-corrected chi connectivity index (χ2v) is 13.2. The number of aromatic hydroxyl groups is 1. The molecular weight excluding hydrogens is 358 g/mol. The number of phenolic OH excluding ortho intramolecular Hbond substituents is 1. The van der Waals surface area contributed by atoms with E-state index in [0.717, 1.165) is 23.9 Å². The molecule has 1 aromatic carbocycles. The van der Waals surface area contributed by atoms with Crippen LogP contribution in [0.3, 0.4) is 0 Å². The Kier molecular flexibility index (Phi) is 5.93. The van der Waals surface area contributed by atoms with Crippen molar-refractivity contribution in [3.05, 3.63) is 54.9 Å². The number of benzene rings is 1. The smallest absolute Gasteiger partial charge is 0.219 e. The van der Waals surface area contributed by atoms with E-state index < -0.39 is 8.07 Å². The molecule has 0 fully saturated rings. The van der Waals surface area contributed by atoms with Crippen molar-refractivity contribution in [3.63, 3.8) is 0 Å². The maximum Gasteiger partial charge on any atom is 0.219 e. The van der Waals surface area contributed by atoms with Crippen LogP contribution in [0, 0.1) is 0 Å². The first-order valence-electron chi connectivity index (χ1n) is 8.94. The van der Waals surface area contributed by atoms with Gasteiger partial charge < -0.3 is 14.6 Å². The Labute approximate surface area is 160 Å². The lowest BCUT2D eigenvalue weighted by atomic mass is 10.2. The number of aromatic nitrogens is 3. The van der Waals surface area contributed by atoms with Crippen molar-refractivity contribution in [3.8, 4) is 28.6 Å². The SMILES string of the molecule is C[Si](C)(C)CCOCn1nccc1-c1ccc(Oc2ccc(O)cc2)nc1. The Hall–Kier alpha value is -2.64. The lowest BCUT2D eigenvalue weighted by Gasteiger charge is -2.16. The van der Waals surface area contributed by atoms with Crippen LogP contribution in [0.5, 0.6) is 17.4 Å². The molecule has 3 rings (SSSR count). The van der Waals surface area contributed by atoms with E-state index in [0.29, 0.717) is 18.4 Å². The van der Waals surface area contributed by atoms with Gasteiger partial charge in [-0.3, -0.25) is 0 Å². The molecule has 0 aliphatic carbocycles. The van der Waals surface area contributed by atoms with Gasteiger partial charge in [-0.05, 0) is 42.4 Å². The Morgan fingerprint density at radius 1 is 1.04 bits per heavy atom. The summed E-state index contributed by atoms with van der Waals surface area (Å²) in [5, 5.41) is 13.7. The van der Waals surface area contributed by atoms with Crippen LogP contribution in [0.15, 0.2) is 54.9 Å². The van der Waals surface area contributed by atoms with Gasteiger partial charge in [-0.15, -0.1) is 0 Å². The molecule has 0 saturated heterocycles. The van der Waals surface area contributed by atoms with E-state index in [4.69, 9.17) is 9.47 Å². The second-order valence-electron chi connectivity index (χ2n) is 7.55. The molecule has 27 heavy (non-hydrogen) atoms. The van der Waals surface area contributed by atoms with Crippen molar-refractivity contribution in [1.82, 2.24) is 14.8 Å². The molecule has 0 spiro atoms. The van der Waals surface area contributed by atoms with Gasteiger partial charge >= 0.3 is 0 Å². The van der Waals surface area contributed by atoms with E-state index in [-0.39, 0.29) is 5.75 Å². The zero-order valence-electron chi connectivity index (χ0n) is 15.9. The van der Waals surface area contributed by atoms with Crippen molar-refractivity contribution < 1.29 is 14.6 Å². The minimum absolute atomic E-state index is 0.200. The monoisotopic (exact) mass is 383 g/mol. The van der Waals surface area contributed by atoms with E-state index in [1.165, 1.54) is 0 Å². The van der Waals surface area contributed by atoms with Crippen molar-refractivity contribution in [2.45, 2.75) is 32.4 Å². The summed E-state index contributed by atoms with van der Waals surface area (Å²) in [4.78, 5) is 4.36. The van der Waals surface area contributed by atoms with Gasteiger partial charge in [-0.25, -0.2) is 9.67 Å². The molecule has 2 aromatic heterocycles. The van der Waals surface area contributed by atoms with E-state index >= 15 is 0 Å². The highest BCUT2D eigenvalue weighted by atomic mass is 28.3. The maximum absolute atomic E-state index is 9.32. The lowest BCUT2D eigenvalue weighted by molar-refractivity contribution is 0.0798. The highest BCUT2D eigenvalue weighted by Crippen LogP contribution is 2.24. The van der Waals surface area contributed by atoms with Gasteiger partial charge in [-0.2, -0.15) is 5.10 Å². The number of hydrogen-bond donors (Lipinski definition) is 1. The summed E-state index contributed by atoms with van der Waals surface area (Å²) < 4.78 is 13.3. The first kappa shape index (κ1) is 19.1. The molecule has 0 aliphatic rings. The number of phenols is 1. The van der Waals surface area contributed by atoms with Crippen LogP contribution < -0.4 is 4.74 Å². The molecule has 0 amide bonds. The first-order valence-corrected chi connectivity index (χ1v) is 12.6. The van der Waals surface area contributed by atoms with Crippen LogP contribution >= 0.6 is 0 Å². The Morgan fingerprint density at radius 3 is 2.48 bits per heavy atom. The summed E-state index contributed by atoms with van der Waals surface area (Å²) in [6.07, 6.45) is 3.52. The molecular formula is C20H25N3O3Si. The predicted octanol–water partition coefficient (Wildman–Crippen LogP) is 4.76. The largest absolute Gasteiger partial charge is 0.508 e. The summed E-state index contributed by atoms with van der Waals surface area (Å²) in [5.41, 5.74) is 1.89. The van der Waals surface area contributed by atoms with Crippen LogP contribution in [0.4, 0.5) is 0 Å². The number of ether oxygens (including phenoxy) is 2. The fourth-order valence-electron chi connectivity index (χ4n) is 2.44. The standard InChI is InChI=1S/C20H25N3O3Si/c1-27(2,3)13-12-25-15-23-19(10-11-22-23)16-4-9-20(21-14-16)26-18-7-5-17(24)6-8-18/h4-11,14,24H,12-13,15H2,1-3H3. The van der Waals surface area contributed by atoms with Crippen LogP contribution in [-0.2, 0) is 11.5 Å². The van der Waals surface area contributed by atoms with Crippen molar-refractivity contribution in [2.75, 3.05) is 6.61 Å². The third kappa shape index (κ3) is 5.67. The summed E-state index contributed by atoms with van der Waals surface area (Å²) in [5.74, 6) is 1.31. The van der Waals surface area contributed by atoms with Crippen LogP contribution in [0.1, 0.15) is 0 Å². The molecule has 2 heterocycles. The van der Waals surface area contributed by atoms with E-state index in [1.807, 2.05) is 22.9 Å². The third-order valence-corrected chi connectivity index (χ3v) is 5.72. The van der Waals surface area contributed by atoms with E-state index in [9.17, 15) is 5.11 Å². The van der Waals surface area contributed by atoms with Gasteiger partial charge in [-0.1, -0.05) is 19.6 Å². The Balaban J connectivity index is 1.62. The van der Waals surface area contributed by atoms with Gasteiger partial charge in [0, 0.05) is 38.7 Å². The summed E-state index contributed by atoms with van der Waals surface area (Å²) in [6.45, 7) is 8.20. The number of nitrogens with zero attached hydrogens (tertiary/aromatic N) is 3. The molecule has 0 saturated carbocycles. The summed E-state index contributed by atoms with van der Waals surface area (Å²) in [6, 6.07) is 13.4. The fourth-order valence-corrected chi connectivity index (χ4v) is 3.19. The van der Waals surface area contributed by atoms with Crippen LogP contribution in [0.25, 0.3) is 11.3 Å². The Morgan fingerprint density at radius 2 is 1.81 bits per heavy atom. The molecule has 0 unspecified atom stereocenters. The third-order valence-electron chi connectivity index (χ3n) is 4.02. The minimum atomic E-state index is -1.09. The zero-order valence-corrected chi connectivity index (χ0v) is 16.9. The van der Waals surface area contributed by atoms with Crippen molar-refractivity contribution in [2.24, 2.45) is 0 Å². The van der Waals surface area contributed by atoms with Gasteiger partial charge in [0.1, 0.15) is 18.2 Å². The lowest BCUT2D eigenvalue weighted by Crippen LogP contribution is -2.22. The quantitative estimate of drug-likeness (QED) is 0.449. The molecule has 3 aromatic rings. The molecule has 0 aliphatic heterocycles. The van der Waals surface area contributed by atoms with E-state index in [2.05, 4.69) is 29.7 Å². The fraction of sp³-hybridized carbons (Fsp3) is 0.300. The zero-order chi connectivity index (χ0) is 19.3. The second kappa shape index (κ2) is 8.37. The van der Waals surface area contributed by atoms with Crippen LogP contribution in [0.2, 0.25) is 25.7 Å². The molecule has 0 radical (unpaired) electrons. The molecule has 1 N–H and O–H groups in total.